The number of hydrogen-bond donors (Lipinski definition) is 0. The summed E-state index contributed by atoms with van der Waals surface area (Å²) < 4.78 is 5.63. The average molecular weight is 192 g/mol. The van der Waals surface area contributed by atoms with Gasteiger partial charge in [0.1, 0.15) is 0 Å². The third kappa shape index (κ3) is 1.74. The van der Waals surface area contributed by atoms with Crippen LogP contribution in [0.5, 0.6) is 0 Å². The van der Waals surface area contributed by atoms with Gasteiger partial charge in [0.15, 0.2) is 6.35 Å². The molecule has 14 heavy (non-hydrogen) atoms. The van der Waals surface area contributed by atoms with E-state index in [0.29, 0.717) is 0 Å². The lowest BCUT2D eigenvalue weighted by Gasteiger charge is -2.29. The molecule has 1 aliphatic rings. The van der Waals surface area contributed by atoms with Crippen LogP contribution in [0.1, 0.15) is 0 Å². The largest absolute Gasteiger partial charge is 0.343 e. The Bertz CT molecular complexity index is 287. The predicted molar refractivity (Wildman–Crippen MR) is 57.2 cm³/mol. The molecule has 0 saturated carbocycles. The van der Waals surface area contributed by atoms with Crippen molar-refractivity contribution in [2.75, 3.05) is 32.1 Å². The predicted octanol–water partition coefficient (Wildman–Crippen LogP) is 1.37. The van der Waals surface area contributed by atoms with Crippen LogP contribution in [0, 0.1) is 0 Å². The maximum Gasteiger partial charge on any atom is 0.188 e. The van der Waals surface area contributed by atoms with Gasteiger partial charge in [0.05, 0.1) is 6.61 Å². The van der Waals surface area contributed by atoms with Crippen molar-refractivity contribution in [1.29, 1.82) is 0 Å². The van der Waals surface area contributed by atoms with Gasteiger partial charge in [0, 0.05) is 12.2 Å². The molecule has 0 aliphatic carbocycles. The van der Waals surface area contributed by atoms with E-state index in [1.165, 1.54) is 5.69 Å². The van der Waals surface area contributed by atoms with E-state index in [-0.39, 0.29) is 6.35 Å². The van der Waals surface area contributed by atoms with Crippen LogP contribution in [-0.2, 0) is 4.74 Å². The van der Waals surface area contributed by atoms with Gasteiger partial charge in [0.25, 0.3) is 0 Å². The Morgan fingerprint density at radius 1 is 1.29 bits per heavy atom. The zero-order valence-corrected chi connectivity index (χ0v) is 8.68. The first-order valence-electron chi connectivity index (χ1n) is 4.89. The highest BCUT2D eigenvalue weighted by molar-refractivity contribution is 5.46. The maximum atomic E-state index is 5.63. The van der Waals surface area contributed by atoms with Gasteiger partial charge < -0.3 is 9.64 Å². The molecule has 1 fully saturated rings. The first-order chi connectivity index (χ1) is 6.79. The summed E-state index contributed by atoms with van der Waals surface area (Å²) in [6.45, 7) is 1.77. The summed E-state index contributed by atoms with van der Waals surface area (Å²) in [6.07, 6.45) is 0.0809. The maximum absolute atomic E-state index is 5.63. The van der Waals surface area contributed by atoms with E-state index in [1.807, 2.05) is 20.2 Å². The van der Waals surface area contributed by atoms with Crippen molar-refractivity contribution < 1.29 is 4.74 Å². The van der Waals surface area contributed by atoms with E-state index < -0.39 is 0 Å². The highest BCUT2D eigenvalue weighted by atomic mass is 16.5. The Morgan fingerprint density at radius 2 is 2.00 bits per heavy atom. The number of anilines is 1. The molecule has 1 aromatic carbocycles. The zero-order valence-electron chi connectivity index (χ0n) is 8.68. The van der Waals surface area contributed by atoms with E-state index in [2.05, 4.69) is 34.1 Å². The second kappa shape index (κ2) is 3.98. The van der Waals surface area contributed by atoms with Crippen LogP contribution in [0.2, 0.25) is 0 Å². The Morgan fingerprint density at radius 3 is 2.64 bits per heavy atom. The SMILES string of the molecule is CN(C)C1OCCN1c1ccccc1. The van der Waals surface area contributed by atoms with Crippen molar-refractivity contribution in [3.63, 3.8) is 0 Å². The molecule has 1 aromatic rings. The summed E-state index contributed by atoms with van der Waals surface area (Å²) in [4.78, 5) is 4.35. The molecule has 1 unspecified atom stereocenters. The van der Waals surface area contributed by atoms with E-state index in [4.69, 9.17) is 4.74 Å². The summed E-state index contributed by atoms with van der Waals surface area (Å²) in [5, 5.41) is 0. The van der Waals surface area contributed by atoms with Crippen molar-refractivity contribution in [2.24, 2.45) is 0 Å². The lowest BCUT2D eigenvalue weighted by atomic mass is 10.3. The minimum Gasteiger partial charge on any atom is -0.343 e. The van der Waals surface area contributed by atoms with Gasteiger partial charge in [-0.1, -0.05) is 18.2 Å². The molecule has 0 aromatic heterocycles. The zero-order chi connectivity index (χ0) is 9.97. The van der Waals surface area contributed by atoms with Crippen molar-refractivity contribution in [1.82, 2.24) is 4.90 Å². The number of ether oxygens (including phenoxy) is 1. The molecule has 3 heteroatoms. The highest BCUT2D eigenvalue weighted by Gasteiger charge is 2.26. The normalized spacial score (nSPS) is 21.9. The molecule has 76 valence electrons. The number of rotatable bonds is 2. The van der Waals surface area contributed by atoms with E-state index in [9.17, 15) is 0 Å². The molecule has 1 atom stereocenters. The lowest BCUT2D eigenvalue weighted by molar-refractivity contribution is 0.0112. The first kappa shape index (κ1) is 9.49. The van der Waals surface area contributed by atoms with Gasteiger partial charge in [0.2, 0.25) is 0 Å². The number of para-hydroxylation sites is 1. The molecule has 2 rings (SSSR count). The summed E-state index contributed by atoms with van der Waals surface area (Å²) in [6, 6.07) is 10.4. The molecule has 0 bridgehead atoms. The molecular formula is C11H16N2O. The fourth-order valence-corrected chi connectivity index (χ4v) is 1.76. The molecule has 1 heterocycles. The van der Waals surface area contributed by atoms with Gasteiger partial charge in [-0.3, -0.25) is 4.90 Å². The Labute approximate surface area is 84.9 Å². The molecular weight excluding hydrogens is 176 g/mol. The fraction of sp³-hybridized carbons (Fsp3) is 0.455. The van der Waals surface area contributed by atoms with Crippen LogP contribution in [0.15, 0.2) is 30.3 Å². The van der Waals surface area contributed by atoms with Crippen LogP contribution in [-0.4, -0.2) is 38.5 Å². The topological polar surface area (TPSA) is 15.7 Å². The molecule has 0 spiro atoms. The molecule has 0 radical (unpaired) electrons. The fourth-order valence-electron chi connectivity index (χ4n) is 1.76. The first-order valence-corrected chi connectivity index (χ1v) is 4.89. The highest BCUT2D eigenvalue weighted by Crippen LogP contribution is 2.21. The van der Waals surface area contributed by atoms with Crippen LogP contribution in [0.25, 0.3) is 0 Å². The van der Waals surface area contributed by atoms with Crippen molar-refractivity contribution in [3.8, 4) is 0 Å². The monoisotopic (exact) mass is 192 g/mol. The second-order valence-corrected chi connectivity index (χ2v) is 3.69. The summed E-state index contributed by atoms with van der Waals surface area (Å²) in [5.41, 5.74) is 1.23. The van der Waals surface area contributed by atoms with Crippen LogP contribution >= 0.6 is 0 Å². The van der Waals surface area contributed by atoms with Crippen molar-refractivity contribution >= 4 is 5.69 Å². The van der Waals surface area contributed by atoms with Gasteiger partial charge in [-0.15, -0.1) is 0 Å². The smallest absolute Gasteiger partial charge is 0.188 e. The van der Waals surface area contributed by atoms with Crippen molar-refractivity contribution in [2.45, 2.75) is 6.35 Å². The molecule has 0 N–H and O–H groups in total. The quantitative estimate of drug-likeness (QED) is 0.704. The van der Waals surface area contributed by atoms with Crippen LogP contribution < -0.4 is 4.90 Å². The Balaban J connectivity index is 2.18. The van der Waals surface area contributed by atoms with Crippen LogP contribution in [0.4, 0.5) is 5.69 Å². The van der Waals surface area contributed by atoms with E-state index >= 15 is 0 Å². The van der Waals surface area contributed by atoms with E-state index in [1.54, 1.807) is 0 Å². The average Bonchev–Trinajstić information content (AvgIpc) is 2.67. The number of benzene rings is 1. The number of hydrogen-bond acceptors (Lipinski definition) is 3. The standard InChI is InChI=1S/C11H16N2O/c1-12(2)11-13(8-9-14-11)10-6-4-3-5-7-10/h3-7,11H,8-9H2,1-2H3. The molecule has 1 saturated heterocycles. The molecule has 0 amide bonds. The van der Waals surface area contributed by atoms with Crippen molar-refractivity contribution in [3.05, 3.63) is 30.3 Å². The van der Waals surface area contributed by atoms with Gasteiger partial charge in [-0.2, -0.15) is 0 Å². The summed E-state index contributed by atoms with van der Waals surface area (Å²) in [7, 11) is 4.07. The third-order valence-corrected chi connectivity index (χ3v) is 2.40. The third-order valence-electron chi connectivity index (χ3n) is 2.40. The summed E-state index contributed by atoms with van der Waals surface area (Å²) >= 11 is 0. The lowest BCUT2D eigenvalue weighted by Crippen LogP contribution is -2.41. The van der Waals surface area contributed by atoms with Gasteiger partial charge in [-0.05, 0) is 26.2 Å². The molecule has 3 nitrogen and oxygen atoms in total. The second-order valence-electron chi connectivity index (χ2n) is 3.69. The Kier molecular flexibility index (Phi) is 2.70. The summed E-state index contributed by atoms with van der Waals surface area (Å²) in [5.74, 6) is 0. The van der Waals surface area contributed by atoms with Gasteiger partial charge >= 0.3 is 0 Å². The minimum atomic E-state index is 0.0809. The molecule has 1 aliphatic heterocycles. The van der Waals surface area contributed by atoms with E-state index in [0.717, 1.165) is 13.2 Å². The Hall–Kier alpha value is -1.06. The number of nitrogens with zero attached hydrogens (tertiary/aromatic N) is 2. The van der Waals surface area contributed by atoms with Gasteiger partial charge in [-0.25, -0.2) is 0 Å². The minimum absolute atomic E-state index is 0.0809. The van der Waals surface area contributed by atoms with Crippen LogP contribution in [0.3, 0.4) is 0 Å².